The molecule has 0 spiro atoms. The van der Waals surface area contributed by atoms with E-state index in [9.17, 15) is 43.2 Å². The highest BCUT2D eigenvalue weighted by atomic mass is 32.2. The molecule has 0 radical (unpaired) electrons. The van der Waals surface area contributed by atoms with Gasteiger partial charge < -0.3 is 51.0 Å². The fourth-order valence-corrected chi connectivity index (χ4v) is 13.0. The van der Waals surface area contributed by atoms with Gasteiger partial charge in [0.2, 0.25) is 47.3 Å². The van der Waals surface area contributed by atoms with Crippen molar-refractivity contribution >= 4 is 76.5 Å². The number of benzene rings is 3. The van der Waals surface area contributed by atoms with Crippen LogP contribution in [-0.2, 0) is 71.3 Å². The fraction of sp³-hybridized carbons (Fsp3) is 0.563. The monoisotopic (exact) mass is 1330 g/mol. The third-order valence-electron chi connectivity index (χ3n) is 18.3. The Balaban J connectivity index is 0.876. The summed E-state index contributed by atoms with van der Waals surface area (Å²) in [5.74, 6) is -2.33. The number of nitrogens with one attached hydrogen (secondary N) is 6. The molecule has 6 atom stereocenters. The van der Waals surface area contributed by atoms with Crippen LogP contribution in [0.1, 0.15) is 132 Å². The largest absolute Gasteiger partial charge is 0.445 e. The van der Waals surface area contributed by atoms with Gasteiger partial charge in [0.15, 0.2) is 0 Å². The lowest BCUT2D eigenvalue weighted by molar-refractivity contribution is -0.142. The second-order valence-electron chi connectivity index (χ2n) is 27.9. The number of amides is 9. The number of allylic oxidation sites excluding steroid dienone is 1. The molecule has 516 valence electrons. The maximum Gasteiger partial charge on any atom is 0.407 e. The van der Waals surface area contributed by atoms with Crippen molar-refractivity contribution in [3.05, 3.63) is 96.6 Å². The summed E-state index contributed by atoms with van der Waals surface area (Å²) in [6.45, 7) is 25.4. The number of aromatic nitrogens is 3. The summed E-state index contributed by atoms with van der Waals surface area (Å²) in [5.41, 5.74) is 2.18. The lowest BCUT2D eigenvalue weighted by Gasteiger charge is -2.34. The maximum atomic E-state index is 14.5. The van der Waals surface area contributed by atoms with E-state index in [1.54, 1.807) is 68.6 Å². The van der Waals surface area contributed by atoms with E-state index in [2.05, 4.69) is 51.7 Å². The second kappa shape index (κ2) is 32.7. The molecule has 95 heavy (non-hydrogen) atoms. The molecule has 4 aromatic rings. The van der Waals surface area contributed by atoms with Crippen molar-refractivity contribution in [2.45, 2.75) is 157 Å². The molecule has 1 aliphatic carbocycles. The molecule has 3 heterocycles. The van der Waals surface area contributed by atoms with Gasteiger partial charge in [-0.1, -0.05) is 86.7 Å². The molecule has 23 nitrogen and oxygen atoms in total. The minimum Gasteiger partial charge on any atom is -0.445 e. The van der Waals surface area contributed by atoms with Crippen molar-refractivity contribution in [2.24, 2.45) is 40.9 Å². The van der Waals surface area contributed by atoms with Crippen LogP contribution in [0.4, 0.5) is 16.2 Å². The Bertz CT molecular complexity index is 3420. The molecular formula is C71H99N11O12S. The zero-order chi connectivity index (χ0) is 69.6. The normalized spacial score (nSPS) is 18.1. The van der Waals surface area contributed by atoms with Crippen LogP contribution in [0, 0.1) is 40.9 Å². The van der Waals surface area contributed by atoms with E-state index in [-0.39, 0.29) is 137 Å². The van der Waals surface area contributed by atoms with E-state index in [0.717, 1.165) is 41.0 Å². The standard InChI is InChI=1S/C71H99N11O12S/c1-15-49-50(24-20-38-95-14)45(4)58-59(49)65(89)80(64(58)88)37-32-54(83)73-36-34-71(11,12)93-42-68(5,6)66(90)74-35-31-57(86)81-40-47-21-16-17-22-51(47)62-61(52-23-18-19-25-53(52)81)78-79-82(62)69(7,8)43-94-70(9,10)33-30-55(84)77-60(44(2)3)63(87)75-39-56(85)76-48-28-26-46(27-29-48)41-92-67(91)72-13/h15-19,21-23,25-29,44-45,49-50,58-60H,1,20,24,30-43H2,2-14H3,(H,72,91)(H,73,83)(H,74,90)(H,75,87)(H,76,85)(H,77,84). The molecule has 1 saturated carbocycles. The number of ether oxygens (including phenoxy) is 3. The van der Waals surface area contributed by atoms with Gasteiger partial charge in [-0.05, 0) is 146 Å². The summed E-state index contributed by atoms with van der Waals surface area (Å²) < 4.78 is 19.8. The number of carbonyl (C=O) groups excluding carboxylic acids is 9. The van der Waals surface area contributed by atoms with E-state index in [1.807, 2.05) is 101 Å². The zero-order valence-corrected chi connectivity index (χ0v) is 58.4. The maximum absolute atomic E-state index is 14.5. The van der Waals surface area contributed by atoms with Crippen LogP contribution in [0.15, 0.2) is 85.5 Å². The van der Waals surface area contributed by atoms with E-state index < -0.39 is 52.0 Å². The summed E-state index contributed by atoms with van der Waals surface area (Å²) >= 11 is 1.79. The van der Waals surface area contributed by atoms with Crippen LogP contribution in [0.5, 0.6) is 0 Å². The summed E-state index contributed by atoms with van der Waals surface area (Å²) in [4.78, 5) is 123. The van der Waals surface area contributed by atoms with Crippen molar-refractivity contribution < 1.29 is 57.4 Å². The number of nitrogens with zero attached hydrogens (tertiary/aromatic N) is 5. The fourth-order valence-electron chi connectivity index (χ4n) is 12.5. The third-order valence-corrected chi connectivity index (χ3v) is 19.0. The van der Waals surface area contributed by atoms with Gasteiger partial charge in [-0.15, -0.1) is 11.7 Å². The first-order valence-corrected chi connectivity index (χ1v) is 34.4. The Kier molecular flexibility index (Phi) is 25.6. The molecule has 2 fully saturated rings. The lowest BCUT2D eigenvalue weighted by atomic mass is 9.84. The highest BCUT2D eigenvalue weighted by molar-refractivity contribution is 7.98. The first kappa shape index (κ1) is 74.4. The van der Waals surface area contributed by atoms with E-state index >= 15 is 0 Å². The van der Waals surface area contributed by atoms with Crippen molar-refractivity contribution in [1.29, 1.82) is 0 Å². The van der Waals surface area contributed by atoms with Crippen LogP contribution in [0.25, 0.3) is 22.5 Å². The van der Waals surface area contributed by atoms with Gasteiger partial charge >= 0.3 is 6.09 Å². The average Bonchev–Trinajstić information content (AvgIpc) is 1.62. The molecule has 6 N–H and O–H groups in total. The van der Waals surface area contributed by atoms with Gasteiger partial charge in [-0.25, -0.2) is 9.48 Å². The Labute approximate surface area is 563 Å². The summed E-state index contributed by atoms with van der Waals surface area (Å²) in [6.07, 6.45) is 6.11. The predicted molar refractivity (Wildman–Crippen MR) is 366 cm³/mol. The topological polar surface area (TPSA) is 291 Å². The number of fused-ring (bicyclic) bond motifs is 6. The highest BCUT2D eigenvalue weighted by Crippen LogP contribution is 2.53. The van der Waals surface area contributed by atoms with Crippen LogP contribution < -0.4 is 36.8 Å². The first-order valence-electron chi connectivity index (χ1n) is 33.0. The predicted octanol–water partition coefficient (Wildman–Crippen LogP) is 8.56. The Morgan fingerprint density at radius 3 is 2.12 bits per heavy atom. The molecule has 3 aromatic carbocycles. The smallest absolute Gasteiger partial charge is 0.407 e. The molecule has 1 aromatic heterocycles. The SMILES string of the molecule is C=CC1C(CCCSC)C(C)C2C(=O)N(CCC(=O)NCCC(C)(C)OCC(C)(C)C(=O)NCCC(=O)N3Cc4ccccc4-c4c(nnn4C(C)(C)COC(C)(C)CCC(=O)NC(C(=O)NCC(=O)Nc4ccc(COC(=O)NC)cc4)C(C)C)-c4ccccc43)C(=O)C12. The molecule has 0 bridgehead atoms. The number of thioether (sulfide) groups is 1. The number of rotatable bonds is 33. The van der Waals surface area contributed by atoms with Gasteiger partial charge in [0.05, 0.1) is 71.7 Å². The number of para-hydroxylation sites is 1. The van der Waals surface area contributed by atoms with Crippen LogP contribution in [-0.4, -0.2) is 149 Å². The third kappa shape index (κ3) is 19.2. The van der Waals surface area contributed by atoms with Crippen molar-refractivity contribution in [2.75, 3.05) is 68.7 Å². The van der Waals surface area contributed by atoms with Crippen molar-refractivity contribution in [3.8, 4) is 22.5 Å². The molecule has 1 saturated heterocycles. The van der Waals surface area contributed by atoms with Crippen LogP contribution >= 0.6 is 11.8 Å². The van der Waals surface area contributed by atoms with Gasteiger partial charge in [0.1, 0.15) is 18.3 Å². The van der Waals surface area contributed by atoms with Crippen LogP contribution in [0.2, 0.25) is 0 Å². The number of hydrogen-bond acceptors (Lipinski definition) is 15. The minimum absolute atomic E-state index is 0.00634. The Morgan fingerprint density at radius 2 is 1.43 bits per heavy atom. The van der Waals surface area contributed by atoms with Crippen LogP contribution in [0.3, 0.4) is 0 Å². The second-order valence-corrected chi connectivity index (χ2v) is 28.9. The number of likely N-dealkylation sites (tertiary alicyclic amines) is 1. The molecule has 3 aliphatic rings. The van der Waals surface area contributed by atoms with Crippen molar-refractivity contribution in [3.63, 3.8) is 0 Å². The lowest BCUT2D eigenvalue weighted by Crippen LogP contribution is -2.51. The number of imide groups is 1. The quantitative estimate of drug-likeness (QED) is 0.0148. The molecule has 24 heteroatoms. The molecule has 6 unspecified atom stereocenters. The summed E-state index contributed by atoms with van der Waals surface area (Å²) in [7, 11) is 1.46. The zero-order valence-electron chi connectivity index (χ0n) is 57.6. The van der Waals surface area contributed by atoms with E-state index in [4.69, 9.17) is 24.5 Å². The molecule has 7 rings (SSSR count). The van der Waals surface area contributed by atoms with E-state index in [1.165, 1.54) is 11.9 Å². The van der Waals surface area contributed by atoms with Gasteiger partial charge in [0.25, 0.3) is 0 Å². The van der Waals surface area contributed by atoms with Crippen molar-refractivity contribution in [1.82, 2.24) is 46.5 Å². The van der Waals surface area contributed by atoms with E-state index in [0.29, 0.717) is 35.5 Å². The Morgan fingerprint density at radius 1 is 0.768 bits per heavy atom. The molecule has 2 aliphatic heterocycles. The Hall–Kier alpha value is -7.96. The number of carbonyl (C=O) groups is 9. The first-order chi connectivity index (χ1) is 44.9. The highest BCUT2D eigenvalue weighted by Gasteiger charge is 2.60. The average molecular weight is 1330 g/mol. The summed E-state index contributed by atoms with van der Waals surface area (Å²) in [6, 6.07) is 21.1. The van der Waals surface area contributed by atoms with Gasteiger partial charge in [-0.3, -0.25) is 43.3 Å². The minimum atomic E-state index is -0.984. The summed E-state index contributed by atoms with van der Waals surface area (Å²) in [5, 5.41) is 26.0. The molecule has 9 amide bonds. The molecular weight excluding hydrogens is 1230 g/mol. The number of anilines is 2. The van der Waals surface area contributed by atoms with Gasteiger partial charge in [0, 0.05) is 62.8 Å². The number of alkyl carbamates (subject to hydrolysis) is 1. The van der Waals surface area contributed by atoms with Gasteiger partial charge in [-0.2, -0.15) is 11.8 Å². The number of hydrogen-bond donors (Lipinski definition) is 6.